The van der Waals surface area contributed by atoms with Crippen molar-refractivity contribution in [1.29, 1.82) is 0 Å². The van der Waals surface area contributed by atoms with Gasteiger partial charge in [-0.25, -0.2) is 0 Å². The number of hydrogen-bond acceptors (Lipinski definition) is 7. The molecule has 3 aliphatic rings. The summed E-state index contributed by atoms with van der Waals surface area (Å²) in [6, 6.07) is 14.2. The Kier molecular flexibility index (Phi) is 8.76. The van der Waals surface area contributed by atoms with E-state index in [2.05, 4.69) is 36.3 Å². The Labute approximate surface area is 252 Å². The van der Waals surface area contributed by atoms with Gasteiger partial charge in [0, 0.05) is 48.1 Å². The lowest BCUT2D eigenvalue weighted by Gasteiger charge is -2.34. The summed E-state index contributed by atoms with van der Waals surface area (Å²) in [5.41, 5.74) is 2.38. The van der Waals surface area contributed by atoms with Crippen molar-refractivity contribution in [3.63, 3.8) is 0 Å². The van der Waals surface area contributed by atoms with Crippen molar-refractivity contribution in [1.82, 2.24) is 4.90 Å². The van der Waals surface area contributed by atoms with Crippen molar-refractivity contribution in [3.8, 4) is 5.75 Å². The minimum absolute atomic E-state index is 0.0882. The Morgan fingerprint density at radius 3 is 2.21 bits per heavy atom. The number of thioether (sulfide) groups is 1. The van der Waals surface area contributed by atoms with Crippen LogP contribution < -0.4 is 20.3 Å². The summed E-state index contributed by atoms with van der Waals surface area (Å²) in [6.45, 7) is 10.7. The topological polar surface area (TPSA) is 111 Å². The fourth-order valence-electron chi connectivity index (χ4n) is 7.18. The van der Waals surface area contributed by atoms with Gasteiger partial charge in [0.15, 0.2) is 0 Å². The molecule has 226 valence electrons. The van der Waals surface area contributed by atoms with Crippen LogP contribution in [0.5, 0.6) is 5.75 Å². The highest BCUT2D eigenvalue weighted by Crippen LogP contribution is 2.71. The molecule has 2 aromatic carbocycles. The van der Waals surface area contributed by atoms with E-state index in [1.54, 1.807) is 28.8 Å². The number of rotatable bonds is 12. The molecule has 0 saturated carbocycles. The smallest absolute Gasteiger partial charge is 0.248 e. The highest BCUT2D eigenvalue weighted by atomic mass is 32.2. The van der Waals surface area contributed by atoms with Gasteiger partial charge in [-0.15, -0.1) is 11.8 Å². The number of benzene rings is 2. The number of nitrogens with zero attached hydrogens (tertiary/aromatic N) is 2. The van der Waals surface area contributed by atoms with Crippen LogP contribution in [0.25, 0.3) is 0 Å². The monoisotopic (exact) mass is 594 g/mol. The van der Waals surface area contributed by atoms with Crippen molar-refractivity contribution in [2.45, 2.75) is 62.5 Å². The summed E-state index contributed by atoms with van der Waals surface area (Å²) >= 11 is 1.63. The number of aliphatic hydroxyl groups excluding tert-OH is 1. The second-order valence-corrected chi connectivity index (χ2v) is 13.4. The number of ether oxygens (including phenoxy) is 1. The van der Waals surface area contributed by atoms with Gasteiger partial charge in [0.05, 0.1) is 23.2 Å². The normalized spacial score (nSPS) is 27.6. The first kappa shape index (κ1) is 30.2. The molecule has 1 spiro atoms. The molecule has 3 heterocycles. The van der Waals surface area contributed by atoms with E-state index in [1.165, 1.54) is 0 Å². The molecule has 5 atom stereocenters. The largest absolute Gasteiger partial charge is 0.494 e. The Balaban J connectivity index is 1.41. The Morgan fingerprint density at radius 2 is 1.62 bits per heavy atom. The first-order valence-electron chi connectivity index (χ1n) is 15.0. The quantitative estimate of drug-likeness (QED) is 0.335. The van der Waals surface area contributed by atoms with E-state index in [4.69, 9.17) is 4.74 Å². The molecule has 0 aromatic heterocycles. The lowest BCUT2D eigenvalue weighted by Crippen LogP contribution is -2.52. The second kappa shape index (κ2) is 12.2. The van der Waals surface area contributed by atoms with E-state index < -0.39 is 27.4 Å². The first-order valence-corrected chi connectivity index (χ1v) is 15.8. The summed E-state index contributed by atoms with van der Waals surface area (Å²) in [5.74, 6) is -1.11. The van der Waals surface area contributed by atoms with Crippen molar-refractivity contribution >= 4 is 46.5 Å². The van der Waals surface area contributed by atoms with E-state index in [0.717, 1.165) is 30.9 Å². The number of amides is 3. The first-order chi connectivity index (χ1) is 20.2. The lowest BCUT2D eigenvalue weighted by atomic mass is 9.66. The average molecular weight is 595 g/mol. The third kappa shape index (κ3) is 5.24. The fraction of sp³-hybridized carbons (Fsp3) is 0.531. The van der Waals surface area contributed by atoms with Gasteiger partial charge < -0.3 is 30.3 Å². The molecule has 2 bridgehead atoms. The molecule has 3 saturated heterocycles. The zero-order valence-electron chi connectivity index (χ0n) is 24.9. The maximum Gasteiger partial charge on any atom is 0.248 e. The van der Waals surface area contributed by atoms with Gasteiger partial charge in [-0.1, -0.05) is 0 Å². The van der Waals surface area contributed by atoms with Crippen molar-refractivity contribution < 1.29 is 24.2 Å². The summed E-state index contributed by atoms with van der Waals surface area (Å²) < 4.78 is 4.33. The molecule has 42 heavy (non-hydrogen) atoms. The fourth-order valence-corrected chi connectivity index (χ4v) is 9.54. The van der Waals surface area contributed by atoms with Gasteiger partial charge in [-0.05, 0) is 95.5 Å². The molecule has 3 amide bonds. The maximum atomic E-state index is 14.1. The molecule has 3 N–H and O–H groups in total. The minimum atomic E-state index is -0.737. The van der Waals surface area contributed by atoms with E-state index in [0.29, 0.717) is 30.8 Å². The molecule has 0 aliphatic carbocycles. The maximum absolute atomic E-state index is 14.1. The van der Waals surface area contributed by atoms with Crippen LogP contribution in [0.2, 0.25) is 0 Å². The van der Waals surface area contributed by atoms with E-state index in [-0.39, 0.29) is 30.9 Å². The van der Waals surface area contributed by atoms with Crippen LogP contribution in [0.15, 0.2) is 48.5 Å². The summed E-state index contributed by atoms with van der Waals surface area (Å²) in [7, 11) is 0. The van der Waals surface area contributed by atoms with Crippen molar-refractivity contribution in [3.05, 3.63) is 48.5 Å². The van der Waals surface area contributed by atoms with Gasteiger partial charge in [0.2, 0.25) is 17.7 Å². The Hall–Kier alpha value is -3.24. The number of aliphatic hydroxyl groups is 1. The number of likely N-dealkylation sites (tertiary alicyclic amines) is 1. The molecule has 5 rings (SSSR count). The zero-order valence-corrected chi connectivity index (χ0v) is 25.7. The van der Waals surface area contributed by atoms with Crippen LogP contribution >= 0.6 is 11.8 Å². The predicted molar refractivity (Wildman–Crippen MR) is 167 cm³/mol. The Bertz CT molecular complexity index is 1300. The van der Waals surface area contributed by atoms with Gasteiger partial charge in [-0.3, -0.25) is 14.4 Å². The average Bonchev–Trinajstić information content (AvgIpc) is 3.55. The molecular weight excluding hydrogens is 552 g/mol. The lowest BCUT2D eigenvalue weighted by molar-refractivity contribution is -0.139. The van der Waals surface area contributed by atoms with E-state index >= 15 is 0 Å². The summed E-state index contributed by atoms with van der Waals surface area (Å²) in [4.78, 5) is 45.9. The standard InChI is InChI=1S/C32H42N4O5S/c1-5-35(6-2)23-13-9-21(10-14-23)34-29(39)27-32-18-17-31(4,42-32)25(26(32)30(40)36(27)19-8-20-37)28(38)33-22-11-15-24(16-12-22)41-7-3/h9-16,25-27,37H,5-8,17-20H2,1-4H3,(H,33,38)(H,34,39)/t25-,26+,27?,31+,32?/m1/s1. The van der Waals surface area contributed by atoms with Crippen molar-refractivity contribution in [2.24, 2.45) is 11.8 Å². The molecule has 0 radical (unpaired) electrons. The molecule has 10 heteroatoms. The molecular formula is C32H42N4O5S. The number of nitrogens with one attached hydrogen (secondary N) is 2. The molecule has 3 aliphatic heterocycles. The third-order valence-electron chi connectivity index (χ3n) is 9.06. The number of carbonyl (C=O) groups excluding carboxylic acids is 3. The van der Waals surface area contributed by atoms with Gasteiger partial charge in [0.25, 0.3) is 0 Å². The van der Waals surface area contributed by atoms with E-state index in [1.807, 2.05) is 43.3 Å². The van der Waals surface area contributed by atoms with Crippen LogP contribution in [0.4, 0.5) is 17.1 Å². The van der Waals surface area contributed by atoms with Crippen molar-refractivity contribution in [2.75, 3.05) is 48.4 Å². The Morgan fingerprint density at radius 1 is 1.00 bits per heavy atom. The summed E-state index contributed by atoms with van der Waals surface area (Å²) in [5, 5.41) is 15.7. The van der Waals surface area contributed by atoms with Crippen LogP contribution in [0.3, 0.4) is 0 Å². The number of anilines is 3. The number of hydrogen-bond donors (Lipinski definition) is 3. The SMILES string of the molecule is CCOc1ccc(NC(=O)[C@H]2[C@H]3C(=O)N(CCCO)C(C(=O)Nc4ccc(N(CC)CC)cc4)C34CC[C@]2(C)S4)cc1. The van der Waals surface area contributed by atoms with Gasteiger partial charge in [-0.2, -0.15) is 0 Å². The third-order valence-corrected chi connectivity index (χ3v) is 11.0. The van der Waals surface area contributed by atoms with Gasteiger partial charge >= 0.3 is 0 Å². The molecule has 9 nitrogen and oxygen atoms in total. The molecule has 2 unspecified atom stereocenters. The van der Waals surface area contributed by atoms with Crippen LogP contribution in [0.1, 0.15) is 47.0 Å². The second-order valence-electron chi connectivity index (χ2n) is 11.5. The van der Waals surface area contributed by atoms with Crippen LogP contribution in [0, 0.1) is 11.8 Å². The number of fused-ring (bicyclic) bond motifs is 1. The van der Waals surface area contributed by atoms with Crippen LogP contribution in [-0.4, -0.2) is 76.1 Å². The number of carbonyl (C=O) groups is 3. The highest BCUT2D eigenvalue weighted by molar-refractivity contribution is 8.02. The summed E-state index contributed by atoms with van der Waals surface area (Å²) in [6.07, 6.45) is 1.77. The zero-order chi connectivity index (χ0) is 30.1. The molecule has 2 aromatic rings. The minimum Gasteiger partial charge on any atom is -0.494 e. The van der Waals surface area contributed by atoms with E-state index in [9.17, 15) is 19.5 Å². The van der Waals surface area contributed by atoms with Crippen LogP contribution in [-0.2, 0) is 14.4 Å². The van der Waals surface area contributed by atoms with Gasteiger partial charge in [0.1, 0.15) is 11.8 Å². The highest BCUT2D eigenvalue weighted by Gasteiger charge is 2.77. The predicted octanol–water partition coefficient (Wildman–Crippen LogP) is 4.37. The molecule has 3 fully saturated rings.